The van der Waals surface area contributed by atoms with Crippen molar-refractivity contribution < 1.29 is 13.6 Å². The number of hydrogen-bond acceptors (Lipinski definition) is 4. The van der Waals surface area contributed by atoms with Crippen molar-refractivity contribution in [3.63, 3.8) is 0 Å². The normalized spacial score (nSPS) is 10.9. The highest BCUT2D eigenvalue weighted by Crippen LogP contribution is 2.30. The minimum atomic E-state index is -0.463. The van der Waals surface area contributed by atoms with Crippen LogP contribution in [-0.2, 0) is 0 Å². The van der Waals surface area contributed by atoms with Crippen LogP contribution in [0.5, 0.6) is 0 Å². The van der Waals surface area contributed by atoms with E-state index in [9.17, 15) is 13.6 Å². The SMILES string of the molecule is CN(C)CCCN(C(=O)c1cccc(F)c1)c1nc2ccc(F)cc2s1.Cl. The molecule has 0 aliphatic heterocycles. The van der Waals surface area contributed by atoms with Gasteiger partial charge in [0.25, 0.3) is 5.91 Å². The molecule has 0 spiro atoms. The number of thiazole rings is 1. The number of carbonyl (C=O) groups is 1. The first-order valence-electron chi connectivity index (χ1n) is 8.22. The number of benzene rings is 2. The Morgan fingerprint density at radius 3 is 2.52 bits per heavy atom. The van der Waals surface area contributed by atoms with E-state index in [1.807, 2.05) is 19.0 Å². The summed E-state index contributed by atoms with van der Waals surface area (Å²) in [5.41, 5.74) is 0.899. The van der Waals surface area contributed by atoms with Gasteiger partial charge in [-0.2, -0.15) is 0 Å². The number of amides is 1. The molecule has 0 radical (unpaired) electrons. The van der Waals surface area contributed by atoms with Gasteiger partial charge in [-0.05, 0) is 63.5 Å². The first kappa shape index (κ1) is 21.2. The summed E-state index contributed by atoms with van der Waals surface area (Å²) in [4.78, 5) is 21.0. The summed E-state index contributed by atoms with van der Waals surface area (Å²) in [6.45, 7) is 1.24. The molecular formula is C19H20ClF2N3OS. The fourth-order valence-electron chi connectivity index (χ4n) is 2.61. The van der Waals surface area contributed by atoms with Gasteiger partial charge in [0.15, 0.2) is 5.13 Å². The van der Waals surface area contributed by atoms with Crippen LogP contribution in [0, 0.1) is 11.6 Å². The molecule has 0 atom stereocenters. The highest BCUT2D eigenvalue weighted by atomic mass is 35.5. The molecule has 1 aromatic heterocycles. The third-order valence-corrected chi connectivity index (χ3v) is 4.92. The van der Waals surface area contributed by atoms with Gasteiger partial charge in [0.05, 0.1) is 10.2 Å². The summed E-state index contributed by atoms with van der Waals surface area (Å²) in [5, 5.41) is 0.485. The lowest BCUT2D eigenvalue weighted by molar-refractivity contribution is 0.0985. The Morgan fingerprint density at radius 1 is 1.07 bits per heavy atom. The monoisotopic (exact) mass is 411 g/mol. The maximum Gasteiger partial charge on any atom is 0.260 e. The average Bonchev–Trinajstić information content (AvgIpc) is 3.00. The summed E-state index contributed by atoms with van der Waals surface area (Å²) < 4.78 is 27.7. The molecule has 0 aliphatic carbocycles. The number of hydrogen-bond donors (Lipinski definition) is 0. The van der Waals surface area contributed by atoms with Gasteiger partial charge in [-0.3, -0.25) is 9.69 Å². The quantitative estimate of drug-likeness (QED) is 0.595. The number of rotatable bonds is 6. The zero-order chi connectivity index (χ0) is 18.7. The number of anilines is 1. The van der Waals surface area contributed by atoms with Crippen LogP contribution in [0.3, 0.4) is 0 Å². The van der Waals surface area contributed by atoms with Crippen molar-refractivity contribution in [2.75, 3.05) is 32.1 Å². The van der Waals surface area contributed by atoms with E-state index in [-0.39, 0.29) is 29.7 Å². The van der Waals surface area contributed by atoms with E-state index in [0.29, 0.717) is 21.9 Å². The van der Waals surface area contributed by atoms with Crippen molar-refractivity contribution in [1.29, 1.82) is 0 Å². The molecule has 3 aromatic rings. The van der Waals surface area contributed by atoms with E-state index in [1.54, 1.807) is 17.0 Å². The van der Waals surface area contributed by atoms with Crippen LogP contribution in [0.4, 0.5) is 13.9 Å². The summed E-state index contributed by atoms with van der Waals surface area (Å²) in [5.74, 6) is -1.12. The van der Waals surface area contributed by atoms with E-state index >= 15 is 0 Å². The molecule has 0 N–H and O–H groups in total. The van der Waals surface area contributed by atoms with Crippen molar-refractivity contribution in [3.8, 4) is 0 Å². The van der Waals surface area contributed by atoms with Gasteiger partial charge in [-0.1, -0.05) is 17.4 Å². The molecule has 8 heteroatoms. The molecule has 0 unspecified atom stereocenters. The van der Waals surface area contributed by atoms with E-state index in [1.165, 1.54) is 41.7 Å². The second-order valence-corrected chi connectivity index (χ2v) is 7.24. The van der Waals surface area contributed by atoms with E-state index < -0.39 is 5.82 Å². The molecular weight excluding hydrogens is 392 g/mol. The van der Waals surface area contributed by atoms with Crippen LogP contribution < -0.4 is 4.90 Å². The number of halogens is 3. The molecule has 144 valence electrons. The summed E-state index contributed by atoms with van der Waals surface area (Å²) in [7, 11) is 3.92. The Labute approximate surface area is 166 Å². The second-order valence-electron chi connectivity index (χ2n) is 6.23. The summed E-state index contributed by atoms with van der Waals surface area (Å²) in [6, 6.07) is 9.95. The fourth-order valence-corrected chi connectivity index (χ4v) is 3.62. The van der Waals surface area contributed by atoms with E-state index in [2.05, 4.69) is 4.98 Å². The van der Waals surface area contributed by atoms with Crippen LogP contribution in [-0.4, -0.2) is 43.0 Å². The Kier molecular flexibility index (Phi) is 7.24. The number of fused-ring (bicyclic) bond motifs is 1. The zero-order valence-corrected chi connectivity index (χ0v) is 16.6. The zero-order valence-electron chi connectivity index (χ0n) is 15.0. The van der Waals surface area contributed by atoms with Crippen molar-refractivity contribution in [1.82, 2.24) is 9.88 Å². The molecule has 0 bridgehead atoms. The second kappa shape index (κ2) is 9.21. The van der Waals surface area contributed by atoms with Crippen LogP contribution in [0.1, 0.15) is 16.8 Å². The van der Waals surface area contributed by atoms with Crippen LogP contribution in [0.25, 0.3) is 10.2 Å². The Hall–Kier alpha value is -2.09. The first-order chi connectivity index (χ1) is 12.4. The maximum absolute atomic E-state index is 13.5. The third kappa shape index (κ3) is 5.22. The topological polar surface area (TPSA) is 36.4 Å². The molecule has 0 saturated carbocycles. The number of carbonyl (C=O) groups excluding carboxylic acids is 1. The van der Waals surface area contributed by atoms with Gasteiger partial charge in [0.2, 0.25) is 0 Å². The highest BCUT2D eigenvalue weighted by molar-refractivity contribution is 7.22. The Bertz CT molecular complexity index is 932. The summed E-state index contributed by atoms with van der Waals surface area (Å²) in [6.07, 6.45) is 0.734. The minimum Gasteiger partial charge on any atom is -0.309 e. The van der Waals surface area contributed by atoms with Crippen molar-refractivity contribution in [2.45, 2.75) is 6.42 Å². The average molecular weight is 412 g/mol. The third-order valence-electron chi connectivity index (χ3n) is 3.87. The van der Waals surface area contributed by atoms with Crippen LogP contribution in [0.2, 0.25) is 0 Å². The lowest BCUT2D eigenvalue weighted by Crippen LogP contribution is -2.33. The minimum absolute atomic E-state index is 0. The first-order valence-corrected chi connectivity index (χ1v) is 9.04. The molecule has 1 heterocycles. The van der Waals surface area contributed by atoms with Gasteiger partial charge in [-0.15, -0.1) is 12.4 Å². The smallest absolute Gasteiger partial charge is 0.260 e. The number of nitrogens with zero attached hydrogens (tertiary/aromatic N) is 3. The largest absolute Gasteiger partial charge is 0.309 e. The van der Waals surface area contributed by atoms with Crippen molar-refractivity contribution in [2.24, 2.45) is 0 Å². The Balaban J connectivity index is 0.00000261. The van der Waals surface area contributed by atoms with Gasteiger partial charge in [0, 0.05) is 12.1 Å². The molecule has 3 rings (SSSR count). The van der Waals surface area contributed by atoms with Crippen molar-refractivity contribution in [3.05, 3.63) is 59.7 Å². The van der Waals surface area contributed by atoms with Crippen LogP contribution in [0.15, 0.2) is 42.5 Å². The molecule has 1 amide bonds. The number of aromatic nitrogens is 1. The molecule has 4 nitrogen and oxygen atoms in total. The van der Waals surface area contributed by atoms with Gasteiger partial charge in [-0.25, -0.2) is 13.8 Å². The molecule has 0 fully saturated rings. The molecule has 2 aromatic carbocycles. The molecule has 27 heavy (non-hydrogen) atoms. The standard InChI is InChI=1S/C19H19F2N3OS.ClH/c1-23(2)9-4-10-24(18(25)13-5-3-6-14(20)11-13)19-22-16-8-7-15(21)12-17(16)26-19;/h3,5-8,11-12H,4,9-10H2,1-2H3;1H. The van der Waals surface area contributed by atoms with E-state index in [0.717, 1.165) is 13.0 Å². The Morgan fingerprint density at radius 2 is 1.81 bits per heavy atom. The molecule has 0 saturated heterocycles. The van der Waals surface area contributed by atoms with E-state index in [4.69, 9.17) is 0 Å². The van der Waals surface area contributed by atoms with Gasteiger partial charge in [0.1, 0.15) is 11.6 Å². The lowest BCUT2D eigenvalue weighted by atomic mass is 10.2. The van der Waals surface area contributed by atoms with Crippen molar-refractivity contribution >= 4 is 45.0 Å². The van der Waals surface area contributed by atoms with Gasteiger partial charge < -0.3 is 4.90 Å². The highest BCUT2D eigenvalue weighted by Gasteiger charge is 2.21. The maximum atomic E-state index is 13.5. The molecule has 0 aliphatic rings. The fraction of sp³-hybridized carbons (Fsp3) is 0.263. The van der Waals surface area contributed by atoms with Crippen LogP contribution >= 0.6 is 23.7 Å². The summed E-state index contributed by atoms with van der Waals surface area (Å²) >= 11 is 1.25. The lowest BCUT2D eigenvalue weighted by Gasteiger charge is -2.21. The predicted octanol–water partition coefficient (Wildman–Crippen LogP) is 4.59. The predicted molar refractivity (Wildman–Crippen MR) is 108 cm³/mol. The van der Waals surface area contributed by atoms with Gasteiger partial charge >= 0.3 is 0 Å².